The zero-order chi connectivity index (χ0) is 17.2. The Morgan fingerprint density at radius 3 is 2.43 bits per heavy atom. The summed E-state index contributed by atoms with van der Waals surface area (Å²) in [6.45, 7) is 1.26. The Morgan fingerprint density at radius 1 is 1.17 bits per heavy atom. The first kappa shape index (κ1) is 18.8. The number of aliphatic hydroxyl groups is 1. The zero-order valence-electron chi connectivity index (χ0n) is 12.4. The fraction of sp³-hybridized carbons (Fsp3) is 0.286. The van der Waals surface area contributed by atoms with Crippen LogP contribution in [0.3, 0.4) is 0 Å². The molecule has 0 fully saturated rings. The van der Waals surface area contributed by atoms with Crippen LogP contribution in [0.25, 0.3) is 0 Å². The smallest absolute Gasteiger partial charge is 0.329 e. The normalized spacial score (nSPS) is 10.8. The van der Waals surface area contributed by atoms with Crippen LogP contribution in [0.2, 0.25) is 0 Å². The Kier molecular flexibility index (Phi) is 7.92. The number of anilines is 1. The highest BCUT2D eigenvalue weighted by molar-refractivity contribution is 9.10. The van der Waals surface area contributed by atoms with Crippen LogP contribution < -0.4 is 16.1 Å². The second-order valence-corrected chi connectivity index (χ2v) is 5.42. The number of aliphatic hydroxyl groups excluding tert-OH is 1. The van der Waals surface area contributed by atoms with Crippen LogP contribution in [-0.4, -0.2) is 41.7 Å². The molecule has 0 radical (unpaired) electrons. The van der Waals surface area contributed by atoms with Gasteiger partial charge in [0.05, 0.1) is 13.0 Å². The highest BCUT2D eigenvalue weighted by Crippen LogP contribution is 2.14. The number of carbonyl (C=O) groups excluding carboxylic acids is 3. The number of carbonyl (C=O) groups is 3. The molecular formula is C14H17BrN4O4. The van der Waals surface area contributed by atoms with Gasteiger partial charge in [-0.2, -0.15) is 5.10 Å². The SMILES string of the molecule is C/C(CC(=O)Nc1ccc(Br)cc1)=N/NC(=O)C(=O)NCCO. The van der Waals surface area contributed by atoms with E-state index in [0.29, 0.717) is 11.4 Å². The van der Waals surface area contributed by atoms with Crippen molar-refractivity contribution >= 4 is 45.1 Å². The first-order valence-corrected chi connectivity index (χ1v) is 7.49. The molecule has 0 aromatic heterocycles. The summed E-state index contributed by atoms with van der Waals surface area (Å²) in [5.74, 6) is -2.17. The molecule has 0 spiro atoms. The Bertz CT molecular complexity index is 601. The van der Waals surface area contributed by atoms with E-state index in [2.05, 4.69) is 31.7 Å². The molecular weight excluding hydrogens is 368 g/mol. The van der Waals surface area contributed by atoms with Crippen LogP contribution in [0.5, 0.6) is 0 Å². The van der Waals surface area contributed by atoms with Crippen molar-refractivity contribution in [1.29, 1.82) is 0 Å². The van der Waals surface area contributed by atoms with Crippen LogP contribution >= 0.6 is 15.9 Å². The van der Waals surface area contributed by atoms with E-state index >= 15 is 0 Å². The van der Waals surface area contributed by atoms with E-state index in [1.54, 1.807) is 31.2 Å². The molecule has 9 heteroatoms. The van der Waals surface area contributed by atoms with E-state index in [9.17, 15) is 14.4 Å². The van der Waals surface area contributed by atoms with E-state index in [1.165, 1.54) is 0 Å². The molecule has 0 heterocycles. The third-order valence-corrected chi connectivity index (χ3v) is 3.02. The maximum absolute atomic E-state index is 11.8. The number of nitrogens with zero attached hydrogens (tertiary/aromatic N) is 1. The molecule has 0 unspecified atom stereocenters. The Hall–Kier alpha value is -2.26. The second-order valence-electron chi connectivity index (χ2n) is 4.50. The highest BCUT2D eigenvalue weighted by atomic mass is 79.9. The maximum Gasteiger partial charge on any atom is 0.329 e. The van der Waals surface area contributed by atoms with Crippen molar-refractivity contribution in [1.82, 2.24) is 10.7 Å². The molecule has 124 valence electrons. The third kappa shape index (κ3) is 7.52. The summed E-state index contributed by atoms with van der Waals surface area (Å²) < 4.78 is 0.899. The van der Waals surface area contributed by atoms with Gasteiger partial charge in [0.1, 0.15) is 0 Å². The Balaban J connectivity index is 2.43. The minimum absolute atomic E-state index is 0.0233. The summed E-state index contributed by atoms with van der Waals surface area (Å²) in [6.07, 6.45) is -0.0331. The lowest BCUT2D eigenvalue weighted by molar-refractivity contribution is -0.139. The van der Waals surface area contributed by atoms with Crippen molar-refractivity contribution in [3.8, 4) is 0 Å². The summed E-state index contributed by atoms with van der Waals surface area (Å²) in [4.78, 5) is 34.4. The minimum atomic E-state index is -0.967. The van der Waals surface area contributed by atoms with Crippen LogP contribution in [-0.2, 0) is 14.4 Å². The lowest BCUT2D eigenvalue weighted by Gasteiger charge is -2.06. The fourth-order valence-electron chi connectivity index (χ4n) is 1.46. The molecule has 0 saturated heterocycles. The number of rotatable bonds is 6. The highest BCUT2D eigenvalue weighted by Gasteiger charge is 2.12. The largest absolute Gasteiger partial charge is 0.395 e. The number of amides is 3. The Morgan fingerprint density at radius 2 is 1.83 bits per heavy atom. The molecule has 0 aliphatic heterocycles. The number of hydrazone groups is 1. The monoisotopic (exact) mass is 384 g/mol. The standard InChI is InChI=1S/C14H17BrN4O4/c1-9(18-19-14(23)13(22)16-6-7-20)8-12(21)17-11-4-2-10(15)3-5-11/h2-5,20H,6-8H2,1H3,(H,16,22)(H,17,21)(H,19,23)/b18-9-. The molecule has 23 heavy (non-hydrogen) atoms. The molecule has 4 N–H and O–H groups in total. The molecule has 1 aromatic rings. The zero-order valence-corrected chi connectivity index (χ0v) is 14.0. The predicted octanol–water partition coefficient (Wildman–Crippen LogP) is 0.378. The van der Waals surface area contributed by atoms with Gasteiger partial charge in [0.2, 0.25) is 5.91 Å². The topological polar surface area (TPSA) is 120 Å². The molecule has 0 aliphatic rings. The van der Waals surface area contributed by atoms with Crippen LogP contribution in [0, 0.1) is 0 Å². The van der Waals surface area contributed by atoms with Gasteiger partial charge in [-0.1, -0.05) is 15.9 Å². The van der Waals surface area contributed by atoms with Gasteiger partial charge in [-0.05, 0) is 31.2 Å². The minimum Gasteiger partial charge on any atom is -0.395 e. The summed E-state index contributed by atoms with van der Waals surface area (Å²) in [6, 6.07) is 7.06. The van der Waals surface area contributed by atoms with Crippen molar-refractivity contribution in [3.05, 3.63) is 28.7 Å². The maximum atomic E-state index is 11.8. The van der Waals surface area contributed by atoms with Crippen LogP contribution in [0.4, 0.5) is 5.69 Å². The third-order valence-electron chi connectivity index (χ3n) is 2.50. The van der Waals surface area contributed by atoms with Crippen LogP contribution in [0.1, 0.15) is 13.3 Å². The molecule has 0 aliphatic carbocycles. The van der Waals surface area contributed by atoms with E-state index < -0.39 is 11.8 Å². The van der Waals surface area contributed by atoms with Gasteiger partial charge in [-0.3, -0.25) is 14.4 Å². The van der Waals surface area contributed by atoms with E-state index in [4.69, 9.17) is 5.11 Å². The summed E-state index contributed by atoms with van der Waals surface area (Å²) in [7, 11) is 0. The summed E-state index contributed by atoms with van der Waals surface area (Å²) in [5, 5.41) is 17.1. The van der Waals surface area contributed by atoms with E-state index in [-0.39, 0.29) is 25.5 Å². The van der Waals surface area contributed by atoms with E-state index in [0.717, 1.165) is 4.47 Å². The van der Waals surface area contributed by atoms with Crippen molar-refractivity contribution < 1.29 is 19.5 Å². The molecule has 0 bridgehead atoms. The second kappa shape index (κ2) is 9.70. The van der Waals surface area contributed by atoms with Gasteiger partial charge in [-0.15, -0.1) is 0 Å². The first-order chi connectivity index (χ1) is 10.9. The van der Waals surface area contributed by atoms with Crippen molar-refractivity contribution in [2.24, 2.45) is 5.10 Å². The lowest BCUT2D eigenvalue weighted by atomic mass is 10.2. The number of nitrogens with one attached hydrogen (secondary N) is 3. The fourth-order valence-corrected chi connectivity index (χ4v) is 1.72. The van der Waals surface area contributed by atoms with Gasteiger partial charge >= 0.3 is 11.8 Å². The number of hydrogen-bond donors (Lipinski definition) is 4. The number of benzene rings is 1. The lowest BCUT2D eigenvalue weighted by Crippen LogP contribution is -2.39. The predicted molar refractivity (Wildman–Crippen MR) is 88.7 cm³/mol. The van der Waals surface area contributed by atoms with Crippen molar-refractivity contribution in [3.63, 3.8) is 0 Å². The van der Waals surface area contributed by atoms with Gasteiger partial charge < -0.3 is 15.7 Å². The average Bonchev–Trinajstić information content (AvgIpc) is 2.52. The quantitative estimate of drug-likeness (QED) is 0.321. The van der Waals surface area contributed by atoms with E-state index in [1.807, 2.05) is 5.43 Å². The molecule has 3 amide bonds. The summed E-state index contributed by atoms with van der Waals surface area (Å²) in [5.41, 5.74) is 3.01. The average molecular weight is 385 g/mol. The molecule has 1 rings (SSSR count). The molecule has 0 atom stereocenters. The Labute approximate surface area is 141 Å². The van der Waals surface area contributed by atoms with Gasteiger partial charge in [-0.25, -0.2) is 5.43 Å². The molecule has 1 aromatic carbocycles. The molecule has 0 saturated carbocycles. The van der Waals surface area contributed by atoms with Crippen molar-refractivity contribution in [2.75, 3.05) is 18.5 Å². The number of hydrogen-bond acceptors (Lipinski definition) is 5. The van der Waals surface area contributed by atoms with Crippen LogP contribution in [0.15, 0.2) is 33.8 Å². The molecule has 8 nitrogen and oxygen atoms in total. The van der Waals surface area contributed by atoms with Gasteiger partial charge in [0, 0.05) is 22.4 Å². The number of halogens is 1. The van der Waals surface area contributed by atoms with Gasteiger partial charge in [0.15, 0.2) is 0 Å². The summed E-state index contributed by atoms with van der Waals surface area (Å²) >= 11 is 3.29. The first-order valence-electron chi connectivity index (χ1n) is 6.70. The van der Waals surface area contributed by atoms with Crippen molar-refractivity contribution in [2.45, 2.75) is 13.3 Å². The van der Waals surface area contributed by atoms with Gasteiger partial charge in [0.25, 0.3) is 0 Å².